The Morgan fingerprint density at radius 1 is 1.29 bits per heavy atom. The van der Waals surface area contributed by atoms with Gasteiger partial charge in [-0.15, -0.1) is 11.3 Å². The molecule has 2 atom stereocenters. The van der Waals surface area contributed by atoms with Gasteiger partial charge >= 0.3 is 0 Å². The van der Waals surface area contributed by atoms with Crippen LogP contribution in [-0.2, 0) is 12.1 Å². The minimum Gasteiger partial charge on any atom is -0.382 e. The molecule has 0 aliphatic heterocycles. The van der Waals surface area contributed by atoms with Crippen LogP contribution in [0.2, 0.25) is 0 Å². The molecular weight excluding hydrogens is 420 g/mol. The maximum Gasteiger partial charge on any atom is 0.137 e. The maximum atomic E-state index is 14.9. The highest BCUT2D eigenvalue weighted by Crippen LogP contribution is 2.43. The number of thiazole rings is 1. The summed E-state index contributed by atoms with van der Waals surface area (Å²) in [4.78, 5) is 8.22. The molecule has 0 aliphatic carbocycles. The van der Waals surface area contributed by atoms with Crippen molar-refractivity contribution in [2.24, 2.45) is 0 Å². The molecule has 6 nitrogen and oxygen atoms in total. The predicted octanol–water partition coefficient (Wildman–Crippen LogP) is 4.24. The Morgan fingerprint density at radius 3 is 2.77 bits per heavy atom. The van der Waals surface area contributed by atoms with Gasteiger partial charge in [0.2, 0.25) is 0 Å². The van der Waals surface area contributed by atoms with Gasteiger partial charge in [-0.1, -0.05) is 25.1 Å². The summed E-state index contributed by atoms with van der Waals surface area (Å²) < 4.78 is 29.8. The Labute approximate surface area is 181 Å². The standard InChI is InChI=1S/C22H17F2N5OS/c1-14(17-4-2-3-15(8-25)21(17)20-9-31-13-27-20)22(30,10-29-12-26-11-28-29)18-6-5-16(23)7-19(18)24/h2-7,9,11-14,30H,10H2,1H3. The molecule has 4 rings (SSSR count). The minimum atomic E-state index is -1.83. The third-order valence-corrected chi connectivity index (χ3v) is 5.94. The van der Waals surface area contributed by atoms with E-state index in [0.717, 1.165) is 12.1 Å². The first-order valence-corrected chi connectivity index (χ1v) is 10.3. The van der Waals surface area contributed by atoms with E-state index in [1.807, 2.05) is 0 Å². The quantitative estimate of drug-likeness (QED) is 0.487. The molecule has 156 valence electrons. The van der Waals surface area contributed by atoms with Crippen molar-refractivity contribution in [3.05, 3.63) is 88.3 Å². The van der Waals surface area contributed by atoms with Crippen LogP contribution < -0.4 is 0 Å². The number of benzene rings is 2. The van der Waals surface area contributed by atoms with Crippen LogP contribution in [0, 0.1) is 23.0 Å². The third-order valence-electron chi connectivity index (χ3n) is 5.36. The normalized spacial score (nSPS) is 14.0. The fraction of sp³-hybridized carbons (Fsp3) is 0.182. The van der Waals surface area contributed by atoms with Gasteiger partial charge in [0.25, 0.3) is 0 Å². The summed E-state index contributed by atoms with van der Waals surface area (Å²) in [6, 6.07) is 10.4. The molecule has 2 aromatic heterocycles. The number of nitrogens with zero attached hydrogens (tertiary/aromatic N) is 5. The molecule has 4 aromatic rings. The summed E-state index contributed by atoms with van der Waals surface area (Å²) in [5.74, 6) is -2.34. The largest absolute Gasteiger partial charge is 0.382 e. The van der Waals surface area contributed by atoms with Gasteiger partial charge in [0.15, 0.2) is 0 Å². The minimum absolute atomic E-state index is 0.0801. The number of hydrogen-bond donors (Lipinski definition) is 1. The number of nitriles is 1. The zero-order chi connectivity index (χ0) is 22.0. The second kappa shape index (κ2) is 8.34. The molecule has 0 fully saturated rings. The Morgan fingerprint density at radius 2 is 2.13 bits per heavy atom. The fourth-order valence-corrected chi connectivity index (χ4v) is 4.30. The Hall–Kier alpha value is -3.48. The van der Waals surface area contributed by atoms with Gasteiger partial charge in [0.1, 0.15) is 29.9 Å². The van der Waals surface area contributed by atoms with Crippen LogP contribution in [-0.4, -0.2) is 24.9 Å². The highest BCUT2D eigenvalue weighted by atomic mass is 32.1. The monoisotopic (exact) mass is 437 g/mol. The lowest BCUT2D eigenvalue weighted by molar-refractivity contribution is -0.0110. The molecule has 0 bridgehead atoms. The molecule has 0 amide bonds. The third kappa shape index (κ3) is 3.83. The first-order valence-electron chi connectivity index (χ1n) is 9.36. The van der Waals surface area contributed by atoms with Crippen LogP contribution >= 0.6 is 11.3 Å². The molecular formula is C22H17F2N5OS. The summed E-state index contributed by atoms with van der Waals surface area (Å²) >= 11 is 1.38. The SMILES string of the molecule is CC(c1cccc(C#N)c1-c1cscn1)C(O)(Cn1cncn1)c1ccc(F)cc1F. The van der Waals surface area contributed by atoms with Crippen molar-refractivity contribution >= 4 is 11.3 Å². The molecule has 2 heterocycles. The topological polar surface area (TPSA) is 87.6 Å². The fourth-order valence-electron chi connectivity index (χ4n) is 3.76. The average molecular weight is 437 g/mol. The lowest BCUT2D eigenvalue weighted by Crippen LogP contribution is -2.38. The lowest BCUT2D eigenvalue weighted by Gasteiger charge is -2.36. The Bertz CT molecular complexity index is 1240. The van der Waals surface area contributed by atoms with Crippen LogP contribution in [0.5, 0.6) is 0 Å². The smallest absolute Gasteiger partial charge is 0.137 e. The average Bonchev–Trinajstić information content (AvgIpc) is 3.46. The van der Waals surface area contributed by atoms with Gasteiger partial charge in [-0.2, -0.15) is 10.4 Å². The molecule has 2 unspecified atom stereocenters. The number of hydrogen-bond acceptors (Lipinski definition) is 6. The van der Waals surface area contributed by atoms with E-state index in [9.17, 15) is 19.1 Å². The summed E-state index contributed by atoms with van der Waals surface area (Å²) in [6.45, 7) is 1.59. The highest BCUT2D eigenvalue weighted by Gasteiger charge is 2.41. The molecule has 0 spiro atoms. The molecule has 2 aromatic carbocycles. The van der Waals surface area contributed by atoms with Crippen LogP contribution in [0.3, 0.4) is 0 Å². The first kappa shape index (κ1) is 20.8. The summed E-state index contributed by atoms with van der Waals surface area (Å²) in [7, 11) is 0. The molecule has 1 N–H and O–H groups in total. The number of aromatic nitrogens is 4. The zero-order valence-electron chi connectivity index (χ0n) is 16.4. The second-order valence-corrected chi connectivity index (χ2v) is 7.84. The second-order valence-electron chi connectivity index (χ2n) is 7.12. The van der Waals surface area contributed by atoms with Gasteiger partial charge in [0, 0.05) is 28.5 Å². The van der Waals surface area contributed by atoms with Crippen molar-refractivity contribution in [1.82, 2.24) is 19.7 Å². The zero-order valence-corrected chi connectivity index (χ0v) is 17.2. The predicted molar refractivity (Wildman–Crippen MR) is 111 cm³/mol. The van der Waals surface area contributed by atoms with Crippen LogP contribution in [0.1, 0.15) is 29.5 Å². The van der Waals surface area contributed by atoms with Crippen LogP contribution in [0.15, 0.2) is 59.9 Å². The van der Waals surface area contributed by atoms with Crippen molar-refractivity contribution in [1.29, 1.82) is 5.26 Å². The number of rotatable bonds is 6. The molecule has 0 aliphatic rings. The van der Waals surface area contributed by atoms with E-state index < -0.39 is 23.2 Å². The summed E-state index contributed by atoms with van der Waals surface area (Å²) in [5.41, 5.74) is 1.89. The maximum absolute atomic E-state index is 14.9. The van der Waals surface area contributed by atoms with Gasteiger partial charge in [-0.3, -0.25) is 0 Å². The molecule has 9 heteroatoms. The van der Waals surface area contributed by atoms with Crippen molar-refractivity contribution in [3.63, 3.8) is 0 Å². The summed E-state index contributed by atoms with van der Waals surface area (Å²) in [5, 5.41) is 27.4. The lowest BCUT2D eigenvalue weighted by atomic mass is 9.75. The van der Waals surface area contributed by atoms with E-state index in [0.29, 0.717) is 22.4 Å². The van der Waals surface area contributed by atoms with Gasteiger partial charge in [0.05, 0.1) is 29.4 Å². The van der Waals surface area contributed by atoms with E-state index in [2.05, 4.69) is 21.1 Å². The number of aliphatic hydroxyl groups is 1. The van der Waals surface area contributed by atoms with Crippen molar-refractivity contribution in [2.75, 3.05) is 0 Å². The van der Waals surface area contributed by atoms with E-state index in [1.165, 1.54) is 34.7 Å². The highest BCUT2D eigenvalue weighted by molar-refractivity contribution is 7.07. The molecule has 0 saturated heterocycles. The van der Waals surface area contributed by atoms with Crippen LogP contribution in [0.25, 0.3) is 11.3 Å². The van der Waals surface area contributed by atoms with Gasteiger partial charge < -0.3 is 5.11 Å². The summed E-state index contributed by atoms with van der Waals surface area (Å²) in [6.07, 6.45) is 2.72. The van der Waals surface area contributed by atoms with Crippen LogP contribution in [0.4, 0.5) is 8.78 Å². The van der Waals surface area contributed by atoms with E-state index in [4.69, 9.17) is 0 Å². The van der Waals surface area contributed by atoms with E-state index in [1.54, 1.807) is 36.0 Å². The molecule has 0 saturated carbocycles. The van der Waals surface area contributed by atoms with Crippen molar-refractivity contribution < 1.29 is 13.9 Å². The Kier molecular flexibility index (Phi) is 5.59. The van der Waals surface area contributed by atoms with Crippen molar-refractivity contribution in [3.8, 4) is 17.3 Å². The van der Waals surface area contributed by atoms with Crippen molar-refractivity contribution in [2.45, 2.75) is 25.0 Å². The van der Waals surface area contributed by atoms with E-state index in [-0.39, 0.29) is 12.1 Å². The van der Waals surface area contributed by atoms with E-state index >= 15 is 0 Å². The first-order chi connectivity index (χ1) is 14.9. The Balaban J connectivity index is 1.92. The molecule has 31 heavy (non-hydrogen) atoms. The molecule has 0 radical (unpaired) electrons. The van der Waals surface area contributed by atoms with Gasteiger partial charge in [-0.05, 0) is 17.7 Å². The number of halogens is 2. The van der Waals surface area contributed by atoms with Gasteiger partial charge in [-0.25, -0.2) is 23.4 Å².